The summed E-state index contributed by atoms with van der Waals surface area (Å²) < 4.78 is 0. The molecule has 0 radical (unpaired) electrons. The molecule has 2 aliphatic carbocycles. The van der Waals surface area contributed by atoms with Crippen LogP contribution in [0.5, 0.6) is 0 Å². The number of urea groups is 1. The lowest BCUT2D eigenvalue weighted by atomic mass is 9.91. The van der Waals surface area contributed by atoms with E-state index in [1.54, 1.807) is 0 Å². The molecule has 0 spiro atoms. The summed E-state index contributed by atoms with van der Waals surface area (Å²) >= 11 is 6.15. The van der Waals surface area contributed by atoms with E-state index < -0.39 is 0 Å². The van der Waals surface area contributed by atoms with Gasteiger partial charge in [-0.3, -0.25) is 0 Å². The Hall–Kier alpha value is -2.54. The van der Waals surface area contributed by atoms with Gasteiger partial charge >= 0.3 is 6.03 Å². The van der Waals surface area contributed by atoms with Gasteiger partial charge < -0.3 is 20.9 Å². The van der Waals surface area contributed by atoms with Crippen LogP contribution >= 0.6 is 11.6 Å². The first-order valence-corrected chi connectivity index (χ1v) is 11.9. The Morgan fingerprint density at radius 1 is 1.06 bits per heavy atom. The van der Waals surface area contributed by atoms with Crippen LogP contribution in [0.15, 0.2) is 18.2 Å². The number of hydrogen-bond acceptors (Lipinski definition) is 5. The van der Waals surface area contributed by atoms with Crippen LogP contribution in [0.2, 0.25) is 5.02 Å². The second kappa shape index (κ2) is 9.94. The van der Waals surface area contributed by atoms with Crippen LogP contribution in [-0.4, -0.2) is 42.2 Å². The van der Waals surface area contributed by atoms with E-state index in [4.69, 9.17) is 21.6 Å². The summed E-state index contributed by atoms with van der Waals surface area (Å²) in [5.41, 5.74) is 4.12. The fraction of sp³-hybridized carbons (Fsp3) is 0.542. The molecule has 8 heteroatoms. The molecule has 2 amide bonds. The van der Waals surface area contributed by atoms with E-state index in [0.29, 0.717) is 11.1 Å². The number of benzene rings is 1. The van der Waals surface area contributed by atoms with E-state index >= 15 is 0 Å². The van der Waals surface area contributed by atoms with Crippen molar-refractivity contribution in [1.29, 1.82) is 0 Å². The number of carbonyl (C=O) groups is 1. The summed E-state index contributed by atoms with van der Waals surface area (Å²) in [6.45, 7) is 1.90. The Balaban J connectivity index is 1.31. The molecule has 0 bridgehead atoms. The first-order chi connectivity index (χ1) is 15.4. The van der Waals surface area contributed by atoms with Crippen LogP contribution in [-0.2, 0) is 12.8 Å². The van der Waals surface area contributed by atoms with Gasteiger partial charge in [0.1, 0.15) is 5.82 Å². The van der Waals surface area contributed by atoms with Gasteiger partial charge in [0.05, 0.1) is 5.69 Å². The zero-order valence-corrected chi connectivity index (χ0v) is 19.9. The van der Waals surface area contributed by atoms with E-state index in [-0.39, 0.29) is 12.1 Å². The van der Waals surface area contributed by atoms with Gasteiger partial charge in [-0.25, -0.2) is 9.78 Å². The molecule has 2 aromatic rings. The van der Waals surface area contributed by atoms with Gasteiger partial charge in [0, 0.05) is 42.5 Å². The highest BCUT2D eigenvalue weighted by Crippen LogP contribution is 2.29. The van der Waals surface area contributed by atoms with Crippen LogP contribution in [0, 0.1) is 6.92 Å². The van der Waals surface area contributed by atoms with Crippen molar-refractivity contribution in [2.24, 2.45) is 0 Å². The molecule has 1 aromatic heterocycles. The average Bonchev–Trinajstić information content (AvgIpc) is 2.77. The highest BCUT2D eigenvalue weighted by Gasteiger charge is 2.25. The van der Waals surface area contributed by atoms with Crippen molar-refractivity contribution >= 4 is 35.1 Å². The fourth-order valence-electron chi connectivity index (χ4n) is 4.66. The van der Waals surface area contributed by atoms with Gasteiger partial charge in [-0.05, 0) is 76.0 Å². The maximum absolute atomic E-state index is 12.4. The molecule has 3 N–H and O–H groups in total. The van der Waals surface area contributed by atoms with Crippen molar-refractivity contribution in [1.82, 2.24) is 15.3 Å². The van der Waals surface area contributed by atoms with Gasteiger partial charge in [0.15, 0.2) is 0 Å². The second-order valence-electron chi connectivity index (χ2n) is 9.10. The number of amides is 2. The molecular formula is C24H33ClN6O. The molecule has 0 atom stereocenters. The van der Waals surface area contributed by atoms with Crippen molar-refractivity contribution < 1.29 is 4.79 Å². The fourth-order valence-corrected chi connectivity index (χ4v) is 4.83. The molecule has 32 heavy (non-hydrogen) atoms. The molecule has 172 valence electrons. The second-order valence-corrected chi connectivity index (χ2v) is 9.51. The zero-order valence-electron chi connectivity index (χ0n) is 19.2. The normalized spacial score (nSPS) is 20.2. The number of hydrogen-bond donors (Lipinski definition) is 3. The Bertz CT molecular complexity index is 971. The minimum Gasteiger partial charge on any atom is -0.362 e. The number of rotatable bonds is 5. The topological polar surface area (TPSA) is 82.2 Å². The minimum absolute atomic E-state index is 0.161. The summed E-state index contributed by atoms with van der Waals surface area (Å²) in [6.07, 6.45) is 8.30. The molecule has 2 aliphatic rings. The average molecular weight is 457 g/mol. The predicted molar refractivity (Wildman–Crippen MR) is 131 cm³/mol. The predicted octanol–water partition coefficient (Wildman–Crippen LogP) is 4.93. The molecule has 7 nitrogen and oxygen atoms in total. The third-order valence-corrected chi connectivity index (χ3v) is 6.91. The van der Waals surface area contributed by atoms with Crippen molar-refractivity contribution in [2.75, 3.05) is 29.6 Å². The van der Waals surface area contributed by atoms with Crippen LogP contribution in [0.1, 0.15) is 55.3 Å². The van der Waals surface area contributed by atoms with Crippen molar-refractivity contribution in [3.63, 3.8) is 0 Å². The van der Waals surface area contributed by atoms with E-state index in [2.05, 4.69) is 20.9 Å². The lowest BCUT2D eigenvalue weighted by Crippen LogP contribution is -2.42. The summed E-state index contributed by atoms with van der Waals surface area (Å²) in [4.78, 5) is 24.2. The Morgan fingerprint density at radius 3 is 2.53 bits per heavy atom. The summed E-state index contributed by atoms with van der Waals surface area (Å²) in [5.74, 6) is 1.78. The molecule has 0 saturated heterocycles. The minimum atomic E-state index is -0.180. The first kappa shape index (κ1) is 22.6. The molecule has 1 saturated carbocycles. The first-order valence-electron chi connectivity index (χ1n) is 11.6. The highest BCUT2D eigenvalue weighted by atomic mass is 35.5. The Labute approximate surface area is 195 Å². The molecule has 1 aromatic carbocycles. The quantitative estimate of drug-likeness (QED) is 0.594. The Kier molecular flexibility index (Phi) is 7.04. The molecule has 0 aliphatic heterocycles. The molecule has 0 unspecified atom stereocenters. The number of aryl methyl sites for hydroxylation is 1. The maximum atomic E-state index is 12.4. The van der Waals surface area contributed by atoms with Crippen LogP contribution < -0.4 is 20.9 Å². The number of fused-ring (bicyclic) bond motifs is 1. The maximum Gasteiger partial charge on any atom is 0.319 e. The summed E-state index contributed by atoms with van der Waals surface area (Å²) in [7, 11) is 4.10. The third-order valence-electron chi connectivity index (χ3n) is 6.50. The summed E-state index contributed by atoms with van der Waals surface area (Å²) in [5, 5.41) is 10.2. The largest absolute Gasteiger partial charge is 0.362 e. The monoisotopic (exact) mass is 456 g/mol. The van der Waals surface area contributed by atoms with Crippen LogP contribution in [0.3, 0.4) is 0 Å². The van der Waals surface area contributed by atoms with E-state index in [0.717, 1.165) is 61.5 Å². The zero-order chi connectivity index (χ0) is 22.7. The smallest absolute Gasteiger partial charge is 0.319 e. The number of nitrogens with zero attached hydrogens (tertiary/aromatic N) is 3. The van der Waals surface area contributed by atoms with Crippen LogP contribution in [0.4, 0.5) is 22.2 Å². The third kappa shape index (κ3) is 5.26. The lowest BCUT2D eigenvalue weighted by molar-refractivity contribution is 0.243. The SMILES string of the molecule is Cc1c(Cl)cccc1NC(=O)N[C@H]1CC[C@@H](Nc2nc3c(c(N(C)C)n2)CCCC3)CC1. The number of nitrogens with one attached hydrogen (secondary N) is 3. The van der Waals surface area contributed by atoms with Crippen molar-refractivity contribution in [3.05, 3.63) is 40.0 Å². The number of carbonyl (C=O) groups excluding carboxylic acids is 1. The van der Waals surface area contributed by atoms with Gasteiger partial charge in [-0.15, -0.1) is 0 Å². The van der Waals surface area contributed by atoms with E-state index in [9.17, 15) is 4.79 Å². The van der Waals surface area contributed by atoms with E-state index in [1.165, 1.54) is 24.1 Å². The Morgan fingerprint density at radius 2 is 1.78 bits per heavy atom. The molecule has 4 rings (SSSR count). The van der Waals surface area contributed by atoms with Gasteiger partial charge in [0.25, 0.3) is 0 Å². The molecule has 1 heterocycles. The highest BCUT2D eigenvalue weighted by molar-refractivity contribution is 6.31. The number of anilines is 3. The van der Waals surface area contributed by atoms with Gasteiger partial charge in [-0.2, -0.15) is 4.98 Å². The van der Waals surface area contributed by atoms with Crippen LogP contribution in [0.25, 0.3) is 0 Å². The van der Waals surface area contributed by atoms with Crippen molar-refractivity contribution in [2.45, 2.75) is 70.4 Å². The number of aromatic nitrogens is 2. The molecule has 1 fully saturated rings. The van der Waals surface area contributed by atoms with Gasteiger partial charge in [-0.1, -0.05) is 17.7 Å². The van der Waals surface area contributed by atoms with E-state index in [1.807, 2.05) is 39.2 Å². The lowest BCUT2D eigenvalue weighted by Gasteiger charge is -2.30. The van der Waals surface area contributed by atoms with Crippen molar-refractivity contribution in [3.8, 4) is 0 Å². The number of halogens is 1. The standard InChI is InChI=1S/C24H33ClN6O/c1-15-19(25)8-6-10-20(15)29-24(32)27-17-13-11-16(12-14-17)26-23-28-21-9-5-4-7-18(21)22(30-23)31(2)3/h6,8,10,16-17H,4-5,7,9,11-14H2,1-3H3,(H,26,28,30)(H2,27,29,32)/t16-,17+. The summed E-state index contributed by atoms with van der Waals surface area (Å²) in [6, 6.07) is 5.83. The molecular weight excluding hydrogens is 424 g/mol. The van der Waals surface area contributed by atoms with Gasteiger partial charge in [0.2, 0.25) is 5.95 Å².